The Bertz CT molecular complexity index is 568. The molecule has 1 aromatic carbocycles. The Morgan fingerprint density at radius 2 is 2.12 bits per heavy atom. The topological polar surface area (TPSA) is 64.6 Å². The van der Waals surface area contributed by atoms with Crippen molar-refractivity contribution in [2.45, 2.75) is 10.5 Å². The van der Waals surface area contributed by atoms with Gasteiger partial charge in [0.25, 0.3) is 0 Å². The zero-order valence-corrected chi connectivity index (χ0v) is 9.59. The van der Waals surface area contributed by atoms with Gasteiger partial charge < -0.3 is 9.47 Å². The van der Waals surface area contributed by atoms with E-state index in [-0.39, 0.29) is 17.2 Å². The van der Waals surface area contributed by atoms with Crippen molar-refractivity contribution in [3.05, 3.63) is 24.0 Å². The molecule has 0 radical (unpaired) electrons. The number of nitrogens with one attached hydrogen (secondary N) is 1. The lowest BCUT2D eigenvalue weighted by atomic mass is 10.0. The van der Waals surface area contributed by atoms with Crippen molar-refractivity contribution in [1.29, 1.82) is 0 Å². The largest absolute Gasteiger partial charge is 0.480 e. The molecule has 7 heteroatoms. The van der Waals surface area contributed by atoms with Gasteiger partial charge in [0.1, 0.15) is 16.5 Å². The lowest BCUT2D eigenvalue weighted by Gasteiger charge is -2.39. The summed E-state index contributed by atoms with van der Waals surface area (Å²) in [5.41, 5.74) is -0.657. The van der Waals surface area contributed by atoms with Gasteiger partial charge in [0.05, 0.1) is 19.8 Å². The van der Waals surface area contributed by atoms with E-state index in [1.54, 1.807) is 0 Å². The quantitative estimate of drug-likeness (QED) is 0.726. The first-order chi connectivity index (χ1) is 8.01. The molecule has 2 aliphatic heterocycles. The van der Waals surface area contributed by atoms with Crippen LogP contribution in [0.1, 0.15) is 0 Å². The van der Waals surface area contributed by atoms with Crippen LogP contribution in [0.3, 0.4) is 0 Å². The Labute approximate surface area is 97.6 Å². The van der Waals surface area contributed by atoms with Gasteiger partial charge in [0.2, 0.25) is 10.0 Å². The van der Waals surface area contributed by atoms with E-state index in [4.69, 9.17) is 9.47 Å². The second kappa shape index (κ2) is 3.41. The van der Waals surface area contributed by atoms with Crippen LogP contribution in [0.5, 0.6) is 5.75 Å². The molecule has 0 aromatic heterocycles. The second-order valence-electron chi connectivity index (χ2n) is 4.19. The van der Waals surface area contributed by atoms with Crippen molar-refractivity contribution >= 4 is 10.0 Å². The average molecular weight is 259 g/mol. The average Bonchev–Trinajstić information content (AvgIpc) is 2.34. The molecule has 0 atom stereocenters. The Kier molecular flexibility index (Phi) is 2.19. The van der Waals surface area contributed by atoms with Crippen LogP contribution in [-0.4, -0.2) is 33.8 Å². The first kappa shape index (κ1) is 10.9. The highest BCUT2D eigenvalue weighted by atomic mass is 32.2. The van der Waals surface area contributed by atoms with Gasteiger partial charge in [-0.25, -0.2) is 17.5 Å². The van der Waals surface area contributed by atoms with Crippen LogP contribution in [0.15, 0.2) is 23.1 Å². The first-order valence-electron chi connectivity index (χ1n) is 5.07. The minimum absolute atomic E-state index is 0.131. The molecule has 5 nitrogen and oxygen atoms in total. The van der Waals surface area contributed by atoms with E-state index in [0.717, 1.165) is 6.07 Å². The lowest BCUT2D eigenvalue weighted by molar-refractivity contribution is -0.156. The third kappa shape index (κ3) is 1.70. The summed E-state index contributed by atoms with van der Waals surface area (Å²) < 4.78 is 49.9. The number of hydrogen-bond acceptors (Lipinski definition) is 4. The smallest absolute Gasteiger partial charge is 0.244 e. The van der Waals surface area contributed by atoms with Crippen LogP contribution >= 0.6 is 0 Å². The van der Waals surface area contributed by atoms with Crippen molar-refractivity contribution in [2.75, 3.05) is 19.8 Å². The fraction of sp³-hybridized carbons (Fsp3) is 0.400. The summed E-state index contributed by atoms with van der Waals surface area (Å²) in [5, 5.41) is 0. The molecule has 1 aromatic rings. The van der Waals surface area contributed by atoms with Gasteiger partial charge >= 0.3 is 0 Å². The van der Waals surface area contributed by atoms with Gasteiger partial charge in [0, 0.05) is 0 Å². The molecule has 2 heterocycles. The number of benzene rings is 1. The molecule has 17 heavy (non-hydrogen) atoms. The van der Waals surface area contributed by atoms with E-state index in [2.05, 4.69) is 4.72 Å². The molecule has 0 amide bonds. The van der Waals surface area contributed by atoms with Crippen molar-refractivity contribution in [3.63, 3.8) is 0 Å². The van der Waals surface area contributed by atoms with Gasteiger partial charge in [-0.1, -0.05) is 0 Å². The zero-order valence-electron chi connectivity index (χ0n) is 8.77. The standard InChI is InChI=1S/C10H10FNO4S/c11-7-1-2-8-9(3-7)17(13,14)12-4-10(16-8)5-15-6-10/h1-3,12H,4-6H2. The molecular formula is C10H10FNO4S. The third-order valence-electron chi connectivity index (χ3n) is 2.84. The summed E-state index contributed by atoms with van der Waals surface area (Å²) in [6.07, 6.45) is 0. The normalized spacial score (nSPS) is 24.3. The van der Waals surface area contributed by atoms with Crippen molar-refractivity contribution in [1.82, 2.24) is 4.72 Å². The minimum Gasteiger partial charge on any atom is -0.480 e. The highest BCUT2D eigenvalue weighted by Gasteiger charge is 2.45. The van der Waals surface area contributed by atoms with E-state index in [1.807, 2.05) is 0 Å². The number of hydrogen-bond donors (Lipinski definition) is 1. The predicted octanol–water partition coefficient (Wildman–Crippen LogP) is 0.265. The monoisotopic (exact) mass is 259 g/mol. The SMILES string of the molecule is O=S1(=O)NCC2(COC2)Oc2ccc(F)cc21. The van der Waals surface area contributed by atoms with E-state index >= 15 is 0 Å². The van der Waals surface area contributed by atoms with Gasteiger partial charge in [-0.3, -0.25) is 0 Å². The summed E-state index contributed by atoms with van der Waals surface area (Å²) in [7, 11) is -3.72. The number of sulfonamides is 1. The maximum atomic E-state index is 13.1. The van der Waals surface area contributed by atoms with Gasteiger partial charge in [0.15, 0.2) is 5.60 Å². The number of halogens is 1. The molecule has 3 rings (SSSR count). The van der Waals surface area contributed by atoms with Crippen molar-refractivity contribution in [3.8, 4) is 5.75 Å². The molecule has 92 valence electrons. The number of ether oxygens (including phenoxy) is 2. The number of fused-ring (bicyclic) bond motifs is 1. The van der Waals surface area contributed by atoms with E-state index < -0.39 is 21.4 Å². The zero-order chi connectivity index (χ0) is 12.1. The molecule has 0 bridgehead atoms. The molecule has 2 aliphatic rings. The summed E-state index contributed by atoms with van der Waals surface area (Å²) in [6.45, 7) is 0.782. The fourth-order valence-corrected chi connectivity index (χ4v) is 3.09. The van der Waals surface area contributed by atoms with Crippen LogP contribution in [0.2, 0.25) is 0 Å². The van der Waals surface area contributed by atoms with Crippen LogP contribution in [-0.2, 0) is 14.8 Å². The van der Waals surface area contributed by atoms with Gasteiger partial charge in [-0.05, 0) is 18.2 Å². The van der Waals surface area contributed by atoms with Gasteiger partial charge in [-0.15, -0.1) is 0 Å². The highest BCUT2D eigenvalue weighted by molar-refractivity contribution is 7.89. The summed E-state index contributed by atoms with van der Waals surface area (Å²) >= 11 is 0. The molecule has 0 aliphatic carbocycles. The van der Waals surface area contributed by atoms with E-state index in [1.165, 1.54) is 12.1 Å². The maximum absolute atomic E-state index is 13.1. The number of rotatable bonds is 0. The summed E-state index contributed by atoms with van der Waals surface area (Å²) in [6, 6.07) is 3.46. The summed E-state index contributed by atoms with van der Waals surface area (Å²) in [4.78, 5) is -0.165. The molecule has 1 saturated heterocycles. The Balaban J connectivity index is 2.13. The molecule has 0 unspecified atom stereocenters. The molecule has 1 spiro atoms. The van der Waals surface area contributed by atoms with Crippen molar-refractivity contribution in [2.24, 2.45) is 0 Å². The summed E-state index contributed by atoms with van der Waals surface area (Å²) in [5.74, 6) is -0.446. The van der Waals surface area contributed by atoms with Crippen LogP contribution in [0, 0.1) is 5.82 Å². The van der Waals surface area contributed by atoms with E-state index in [0.29, 0.717) is 13.2 Å². The van der Waals surface area contributed by atoms with Gasteiger partial charge in [-0.2, -0.15) is 0 Å². The maximum Gasteiger partial charge on any atom is 0.244 e. The van der Waals surface area contributed by atoms with E-state index in [9.17, 15) is 12.8 Å². The first-order valence-corrected chi connectivity index (χ1v) is 6.55. The molecule has 1 N–H and O–H groups in total. The van der Waals surface area contributed by atoms with Crippen LogP contribution < -0.4 is 9.46 Å². The highest BCUT2D eigenvalue weighted by Crippen LogP contribution is 2.33. The third-order valence-corrected chi connectivity index (χ3v) is 4.26. The minimum atomic E-state index is -3.72. The fourth-order valence-electron chi connectivity index (χ4n) is 1.84. The van der Waals surface area contributed by atoms with Crippen LogP contribution in [0.4, 0.5) is 4.39 Å². The Morgan fingerprint density at radius 3 is 2.76 bits per heavy atom. The Morgan fingerprint density at radius 1 is 1.35 bits per heavy atom. The lowest BCUT2D eigenvalue weighted by Crippen LogP contribution is -2.59. The van der Waals surface area contributed by atoms with Crippen LogP contribution in [0.25, 0.3) is 0 Å². The predicted molar refractivity (Wildman–Crippen MR) is 55.8 cm³/mol. The molecule has 1 fully saturated rings. The Hall–Kier alpha value is -1.18. The van der Waals surface area contributed by atoms with Crippen molar-refractivity contribution < 1.29 is 22.3 Å². The second-order valence-corrected chi connectivity index (χ2v) is 5.93. The molecular weight excluding hydrogens is 249 g/mol. The molecule has 0 saturated carbocycles.